The van der Waals surface area contributed by atoms with Crippen LogP contribution in [-0.2, 0) is 30.6 Å². The SMILES string of the molecule is COC(=O)N1CC[C@@]2([C@]34CC(=O)N(C)[C@H]3Nc3c([C@@]56CC(=O)N(C)[C@@H]5N(C)c5ccccc56)cccc34)c3ccccc3N(C)[C@@H]12. The van der Waals surface area contributed by atoms with E-state index >= 15 is 0 Å². The third kappa shape index (κ3) is 2.76. The average molecular weight is 619 g/mol. The Morgan fingerprint density at radius 3 is 2.07 bits per heavy atom. The van der Waals surface area contributed by atoms with Crippen molar-refractivity contribution >= 4 is 35.0 Å². The first-order chi connectivity index (χ1) is 22.1. The van der Waals surface area contributed by atoms with Crippen LogP contribution in [0.25, 0.3) is 0 Å². The highest BCUT2D eigenvalue weighted by Gasteiger charge is 2.75. The summed E-state index contributed by atoms with van der Waals surface area (Å²) in [6, 6.07) is 23.3. The van der Waals surface area contributed by atoms with Crippen LogP contribution in [0.4, 0.5) is 21.9 Å². The fourth-order valence-electron chi connectivity index (χ4n) is 11.0. The lowest BCUT2D eigenvalue weighted by Crippen LogP contribution is -2.62. The second-order valence-electron chi connectivity index (χ2n) is 14.0. The van der Waals surface area contributed by atoms with E-state index in [1.807, 2.05) is 41.9 Å². The van der Waals surface area contributed by atoms with Crippen LogP contribution in [0.3, 0.4) is 0 Å². The zero-order chi connectivity index (χ0) is 31.9. The summed E-state index contributed by atoms with van der Waals surface area (Å²) in [6.07, 6.45) is 0.0855. The highest BCUT2D eigenvalue weighted by atomic mass is 16.5. The first kappa shape index (κ1) is 27.6. The van der Waals surface area contributed by atoms with Gasteiger partial charge in [0.15, 0.2) is 0 Å². The Morgan fingerprint density at radius 1 is 0.717 bits per heavy atom. The zero-order valence-corrected chi connectivity index (χ0v) is 26.8. The van der Waals surface area contributed by atoms with Gasteiger partial charge < -0.3 is 29.7 Å². The fourth-order valence-corrected chi connectivity index (χ4v) is 11.0. The van der Waals surface area contributed by atoms with Gasteiger partial charge in [0.2, 0.25) is 11.8 Å². The number of likely N-dealkylation sites (N-methyl/N-ethyl adjacent to an activating group) is 4. The largest absolute Gasteiger partial charge is 0.453 e. The van der Waals surface area contributed by atoms with Gasteiger partial charge in [-0.2, -0.15) is 0 Å². The number of benzene rings is 3. The minimum absolute atomic E-state index is 0.0722. The lowest BCUT2D eigenvalue weighted by Gasteiger charge is -2.48. The number of nitrogens with zero attached hydrogens (tertiary/aromatic N) is 5. The van der Waals surface area contributed by atoms with Gasteiger partial charge in [-0.1, -0.05) is 54.6 Å². The number of likely N-dealkylation sites (tertiary alicyclic amines) is 3. The highest BCUT2D eigenvalue weighted by Crippen LogP contribution is 2.69. The van der Waals surface area contributed by atoms with Crippen molar-refractivity contribution in [1.82, 2.24) is 14.7 Å². The molecular formula is C36H38N6O4. The predicted octanol–water partition coefficient (Wildman–Crippen LogP) is 3.65. The van der Waals surface area contributed by atoms with Gasteiger partial charge >= 0.3 is 6.09 Å². The summed E-state index contributed by atoms with van der Waals surface area (Å²) in [6.45, 7) is 0.515. The highest BCUT2D eigenvalue weighted by molar-refractivity contribution is 5.92. The number of rotatable bonds is 2. The number of amides is 3. The fraction of sp³-hybridized carbons (Fsp3) is 0.417. The van der Waals surface area contributed by atoms with Gasteiger partial charge in [-0.25, -0.2) is 4.79 Å². The number of para-hydroxylation sites is 3. The van der Waals surface area contributed by atoms with Crippen molar-refractivity contribution in [1.29, 1.82) is 0 Å². The molecule has 0 radical (unpaired) electrons. The lowest BCUT2D eigenvalue weighted by molar-refractivity contribution is -0.128. The Balaban J connectivity index is 1.34. The maximum atomic E-state index is 13.9. The molecule has 3 amide bonds. The maximum absolute atomic E-state index is 13.9. The van der Waals surface area contributed by atoms with Crippen LogP contribution in [-0.4, -0.2) is 92.9 Å². The molecule has 0 saturated carbocycles. The molecule has 1 N–H and O–H groups in total. The number of nitrogens with one attached hydrogen (secondary N) is 1. The van der Waals surface area contributed by atoms with Crippen molar-refractivity contribution in [3.63, 3.8) is 0 Å². The number of hydrogen-bond acceptors (Lipinski definition) is 7. The Kier molecular flexibility index (Phi) is 5.24. The van der Waals surface area contributed by atoms with Crippen molar-refractivity contribution in [2.75, 3.05) is 57.0 Å². The third-order valence-corrected chi connectivity index (χ3v) is 12.6. The molecule has 0 bridgehead atoms. The molecule has 0 spiro atoms. The molecule has 0 unspecified atom stereocenters. The summed E-state index contributed by atoms with van der Waals surface area (Å²) < 4.78 is 5.34. The van der Waals surface area contributed by atoms with Crippen molar-refractivity contribution in [2.45, 2.75) is 54.0 Å². The summed E-state index contributed by atoms with van der Waals surface area (Å²) in [7, 11) is 9.36. The number of carbonyl (C=O) groups is 3. The number of methoxy groups -OCH3 is 1. The molecule has 236 valence electrons. The van der Waals surface area contributed by atoms with Crippen LogP contribution in [0.1, 0.15) is 41.5 Å². The smallest absolute Gasteiger partial charge is 0.411 e. The van der Waals surface area contributed by atoms with Crippen LogP contribution in [0.2, 0.25) is 0 Å². The van der Waals surface area contributed by atoms with Gasteiger partial charge in [0.1, 0.15) is 18.5 Å². The summed E-state index contributed by atoms with van der Waals surface area (Å²) in [4.78, 5) is 51.0. The van der Waals surface area contributed by atoms with Gasteiger partial charge in [0.25, 0.3) is 0 Å². The lowest BCUT2D eigenvalue weighted by atomic mass is 9.54. The van der Waals surface area contributed by atoms with E-state index < -0.39 is 16.2 Å². The van der Waals surface area contributed by atoms with Crippen LogP contribution in [0, 0.1) is 0 Å². The molecule has 3 aromatic rings. The predicted molar refractivity (Wildman–Crippen MR) is 174 cm³/mol. The molecule has 46 heavy (non-hydrogen) atoms. The molecule has 3 saturated heterocycles. The van der Waals surface area contributed by atoms with E-state index in [0.717, 1.165) is 39.3 Å². The summed E-state index contributed by atoms with van der Waals surface area (Å²) in [5, 5.41) is 3.94. The molecule has 6 aliphatic rings. The second-order valence-corrected chi connectivity index (χ2v) is 14.0. The molecule has 0 aromatic heterocycles. The van der Waals surface area contributed by atoms with Crippen molar-refractivity contribution < 1.29 is 19.1 Å². The van der Waals surface area contributed by atoms with Gasteiger partial charge in [-0.15, -0.1) is 0 Å². The normalized spacial score (nSPS) is 33.2. The molecule has 10 nitrogen and oxygen atoms in total. The standard InChI is InChI=1S/C36H38N6O4/c1-38-25-15-8-6-11-21(25)34(19-27(43)41(4)31(34)38)23-13-10-14-24-29(23)37-30-36(24,20-28(44)40(30)3)35-17-18-42(33(45)46-5)32(35)39(2)26-16-9-7-12-22(26)35/h6-16,30-32,37H,17-20H2,1-5H3/t30-,31+,32+,34+,35-,36+/m1/s1. The molecule has 3 aromatic carbocycles. The number of hydrogen-bond donors (Lipinski definition) is 1. The minimum Gasteiger partial charge on any atom is -0.453 e. The number of carbonyl (C=O) groups excluding carboxylic acids is 3. The van der Waals surface area contributed by atoms with Gasteiger partial charge in [-0.05, 0) is 40.8 Å². The van der Waals surface area contributed by atoms with Gasteiger partial charge in [0.05, 0.1) is 23.4 Å². The van der Waals surface area contributed by atoms with Gasteiger partial charge in [0, 0.05) is 64.6 Å². The molecular weight excluding hydrogens is 580 g/mol. The molecule has 3 fully saturated rings. The van der Waals surface area contributed by atoms with Crippen molar-refractivity contribution in [2.24, 2.45) is 0 Å². The maximum Gasteiger partial charge on any atom is 0.411 e. The van der Waals surface area contributed by atoms with Crippen LogP contribution < -0.4 is 15.1 Å². The minimum atomic E-state index is -0.705. The first-order valence-electron chi connectivity index (χ1n) is 16.1. The van der Waals surface area contributed by atoms with E-state index in [9.17, 15) is 14.4 Å². The number of fused-ring (bicyclic) bond motifs is 10. The molecule has 9 rings (SSSR count). The van der Waals surface area contributed by atoms with E-state index in [4.69, 9.17) is 4.74 Å². The first-order valence-corrected chi connectivity index (χ1v) is 16.1. The van der Waals surface area contributed by atoms with Crippen LogP contribution >= 0.6 is 0 Å². The number of anilines is 3. The Hall–Kier alpha value is -4.73. The second kappa shape index (κ2) is 8.74. The van der Waals surface area contributed by atoms with Crippen molar-refractivity contribution in [3.8, 4) is 0 Å². The monoisotopic (exact) mass is 618 g/mol. The number of ether oxygens (including phenoxy) is 1. The molecule has 0 aliphatic carbocycles. The summed E-state index contributed by atoms with van der Waals surface area (Å²) in [5.41, 5.74) is 5.72. The van der Waals surface area contributed by atoms with E-state index in [1.165, 1.54) is 7.11 Å². The van der Waals surface area contributed by atoms with E-state index in [1.54, 1.807) is 0 Å². The summed E-state index contributed by atoms with van der Waals surface area (Å²) in [5.74, 6) is 0.182. The Bertz CT molecular complexity index is 1880. The van der Waals surface area contributed by atoms with E-state index in [0.29, 0.717) is 25.8 Å². The van der Waals surface area contributed by atoms with Gasteiger partial charge in [-0.3, -0.25) is 14.5 Å². The topological polar surface area (TPSA) is 88.7 Å². The summed E-state index contributed by atoms with van der Waals surface area (Å²) >= 11 is 0. The zero-order valence-electron chi connectivity index (χ0n) is 26.8. The van der Waals surface area contributed by atoms with E-state index in [2.05, 4.69) is 82.8 Å². The van der Waals surface area contributed by atoms with E-state index in [-0.39, 0.29) is 36.4 Å². The molecule has 6 aliphatic heterocycles. The van der Waals surface area contributed by atoms with Crippen LogP contribution in [0.15, 0.2) is 66.7 Å². The van der Waals surface area contributed by atoms with Crippen LogP contribution in [0.5, 0.6) is 0 Å². The average Bonchev–Trinajstić information content (AvgIpc) is 3.86. The quantitative estimate of drug-likeness (QED) is 0.469. The molecule has 10 heteroatoms. The Morgan fingerprint density at radius 2 is 1.33 bits per heavy atom. The van der Waals surface area contributed by atoms with Crippen molar-refractivity contribution in [3.05, 3.63) is 89.0 Å². The third-order valence-electron chi connectivity index (χ3n) is 12.6. The molecule has 6 heterocycles. The Labute approximate surface area is 268 Å². The molecule has 6 atom stereocenters.